The number of amides is 4. The molecule has 5 atom stereocenters. The second kappa shape index (κ2) is 19.0. The Morgan fingerprint density at radius 1 is 0.958 bits per heavy atom. The van der Waals surface area contributed by atoms with Crippen molar-refractivity contribution in [3.63, 3.8) is 0 Å². The fraction of sp³-hybridized carbons (Fsp3) is 0.556. The zero-order valence-electron chi connectivity index (χ0n) is 28.0. The first-order valence-corrected chi connectivity index (χ1v) is 17.0. The highest BCUT2D eigenvalue weighted by molar-refractivity contribution is 5.93. The number of nitrogens with one attached hydrogen (secondary N) is 3. The van der Waals surface area contributed by atoms with Crippen LogP contribution in [0.2, 0.25) is 0 Å². The van der Waals surface area contributed by atoms with E-state index in [9.17, 15) is 19.2 Å². The van der Waals surface area contributed by atoms with Crippen LogP contribution in [0.1, 0.15) is 81.5 Å². The van der Waals surface area contributed by atoms with Gasteiger partial charge in [-0.25, -0.2) is 4.79 Å². The molecule has 2 aliphatic heterocycles. The lowest BCUT2D eigenvalue weighted by Gasteiger charge is -2.44. The predicted molar refractivity (Wildman–Crippen MR) is 190 cm³/mol. The summed E-state index contributed by atoms with van der Waals surface area (Å²) in [4.78, 5) is 57.7. The van der Waals surface area contributed by atoms with Gasteiger partial charge in [0.15, 0.2) is 0 Å². The predicted octanol–water partition coefficient (Wildman–Crippen LogP) is 4.94. The molecular formula is C36H51Cl2N5O5. The molecule has 4 amide bonds. The summed E-state index contributed by atoms with van der Waals surface area (Å²) in [6.07, 6.45) is 5.79. The first-order chi connectivity index (χ1) is 22.3. The number of alkyl carbamates (subject to hydrolysis) is 1. The number of carbonyl (C=O) groups is 4. The number of aryl methyl sites for hydroxylation is 1. The minimum atomic E-state index is -0.803. The Hall–Kier alpha value is -3.34. The maximum atomic E-state index is 14.3. The molecule has 2 aromatic carbocycles. The van der Waals surface area contributed by atoms with Gasteiger partial charge in [-0.3, -0.25) is 19.3 Å². The van der Waals surface area contributed by atoms with Crippen molar-refractivity contribution in [3.05, 3.63) is 71.3 Å². The fourth-order valence-corrected chi connectivity index (χ4v) is 6.88. The minimum Gasteiger partial charge on any atom is -0.445 e. The number of nitrogens with zero attached hydrogens (tertiary/aromatic N) is 2. The Morgan fingerprint density at radius 2 is 1.71 bits per heavy atom. The van der Waals surface area contributed by atoms with Gasteiger partial charge >= 0.3 is 6.09 Å². The first kappa shape index (κ1) is 39.1. The largest absolute Gasteiger partial charge is 0.445 e. The van der Waals surface area contributed by atoms with E-state index in [-0.39, 0.29) is 73.7 Å². The third-order valence-corrected chi connectivity index (χ3v) is 9.79. The minimum absolute atomic E-state index is 0. The van der Waals surface area contributed by atoms with Crippen LogP contribution in [0, 0.1) is 5.92 Å². The number of hydrogen-bond donors (Lipinski definition) is 3. The summed E-state index contributed by atoms with van der Waals surface area (Å²) < 4.78 is 5.31. The van der Waals surface area contributed by atoms with Gasteiger partial charge < -0.3 is 25.6 Å². The molecule has 0 saturated carbocycles. The van der Waals surface area contributed by atoms with Crippen LogP contribution in [0.25, 0.3) is 0 Å². The Bertz CT molecular complexity index is 1370. The molecule has 0 spiro atoms. The summed E-state index contributed by atoms with van der Waals surface area (Å²) in [5.74, 6) is -0.816. The van der Waals surface area contributed by atoms with Crippen LogP contribution in [-0.2, 0) is 32.1 Å². The van der Waals surface area contributed by atoms with E-state index >= 15 is 0 Å². The van der Waals surface area contributed by atoms with Gasteiger partial charge in [0.05, 0.1) is 6.04 Å². The summed E-state index contributed by atoms with van der Waals surface area (Å²) in [6.45, 7) is 6.10. The normalized spacial score (nSPS) is 21.2. The van der Waals surface area contributed by atoms with Crippen molar-refractivity contribution in [2.45, 2.75) is 96.0 Å². The van der Waals surface area contributed by atoms with Crippen LogP contribution in [0.4, 0.5) is 4.79 Å². The molecule has 2 aromatic rings. The van der Waals surface area contributed by atoms with Crippen molar-refractivity contribution >= 4 is 48.6 Å². The Balaban J connectivity index is 0.00000312. The fourth-order valence-electron chi connectivity index (χ4n) is 6.88. The number of benzene rings is 2. The molecule has 0 aromatic heterocycles. The molecule has 2 heterocycles. The van der Waals surface area contributed by atoms with Gasteiger partial charge in [-0.05, 0) is 74.6 Å². The lowest BCUT2D eigenvalue weighted by molar-refractivity contribution is -0.148. The Morgan fingerprint density at radius 3 is 2.48 bits per heavy atom. The van der Waals surface area contributed by atoms with E-state index in [0.29, 0.717) is 32.4 Å². The molecule has 3 aliphatic rings. The third-order valence-electron chi connectivity index (χ3n) is 9.79. The number of carbonyl (C=O) groups excluding carboxylic acids is 4. The van der Waals surface area contributed by atoms with E-state index < -0.39 is 18.2 Å². The topological polar surface area (TPSA) is 120 Å². The highest BCUT2D eigenvalue weighted by Crippen LogP contribution is 2.31. The molecular weight excluding hydrogens is 653 g/mol. The van der Waals surface area contributed by atoms with Crippen LogP contribution in [0.3, 0.4) is 0 Å². The molecule has 0 bridgehead atoms. The zero-order chi connectivity index (χ0) is 32.5. The van der Waals surface area contributed by atoms with Gasteiger partial charge in [-0.15, -0.1) is 24.8 Å². The van der Waals surface area contributed by atoms with Crippen molar-refractivity contribution in [2.75, 3.05) is 26.2 Å². The number of ether oxygens (including phenoxy) is 1. The summed E-state index contributed by atoms with van der Waals surface area (Å²) in [6, 6.07) is 16.4. The van der Waals surface area contributed by atoms with E-state index in [2.05, 4.69) is 33.0 Å². The van der Waals surface area contributed by atoms with Crippen molar-refractivity contribution in [2.24, 2.45) is 5.92 Å². The number of fused-ring (bicyclic) bond motifs is 2. The zero-order valence-corrected chi connectivity index (χ0v) is 29.7. The molecule has 1 aliphatic carbocycles. The van der Waals surface area contributed by atoms with Crippen LogP contribution >= 0.6 is 24.8 Å². The van der Waals surface area contributed by atoms with E-state index in [0.717, 1.165) is 49.8 Å². The van der Waals surface area contributed by atoms with Gasteiger partial charge in [-0.2, -0.15) is 0 Å². The number of piperazine rings is 1. The summed E-state index contributed by atoms with van der Waals surface area (Å²) in [7, 11) is 0. The summed E-state index contributed by atoms with van der Waals surface area (Å²) >= 11 is 0. The monoisotopic (exact) mass is 703 g/mol. The van der Waals surface area contributed by atoms with Gasteiger partial charge in [0.1, 0.15) is 18.7 Å². The van der Waals surface area contributed by atoms with E-state index in [1.807, 2.05) is 56.3 Å². The lowest BCUT2D eigenvalue weighted by atomic mass is 9.87. The number of halogens is 2. The maximum Gasteiger partial charge on any atom is 0.407 e. The van der Waals surface area contributed by atoms with E-state index in [1.165, 1.54) is 5.56 Å². The molecule has 3 N–H and O–H groups in total. The molecule has 2 fully saturated rings. The Labute approximate surface area is 296 Å². The van der Waals surface area contributed by atoms with Crippen LogP contribution in [-0.4, -0.2) is 77.9 Å². The molecule has 0 radical (unpaired) electrons. The van der Waals surface area contributed by atoms with Crippen LogP contribution < -0.4 is 16.0 Å². The van der Waals surface area contributed by atoms with E-state index in [4.69, 9.17) is 4.74 Å². The first-order valence-electron chi connectivity index (χ1n) is 17.0. The number of rotatable bonds is 12. The smallest absolute Gasteiger partial charge is 0.407 e. The van der Waals surface area contributed by atoms with Crippen molar-refractivity contribution in [1.29, 1.82) is 0 Å². The van der Waals surface area contributed by atoms with Crippen LogP contribution in [0.5, 0.6) is 0 Å². The van der Waals surface area contributed by atoms with Crippen molar-refractivity contribution < 1.29 is 23.9 Å². The summed E-state index contributed by atoms with van der Waals surface area (Å²) in [5, 5.41) is 9.05. The second-order valence-corrected chi connectivity index (χ2v) is 13.0. The summed E-state index contributed by atoms with van der Waals surface area (Å²) in [5.41, 5.74) is 3.31. The highest BCUT2D eigenvalue weighted by Gasteiger charge is 2.44. The average Bonchev–Trinajstić information content (AvgIpc) is 3.55. The maximum absolute atomic E-state index is 14.3. The molecule has 10 nitrogen and oxygen atoms in total. The molecule has 264 valence electrons. The van der Waals surface area contributed by atoms with Gasteiger partial charge in [0.2, 0.25) is 17.7 Å². The molecule has 12 heteroatoms. The molecule has 2 saturated heterocycles. The quantitative estimate of drug-likeness (QED) is 0.270. The standard InChI is InChI=1S/C36H49N5O5.2ClH/c1-3-25(2)33(42)39-31(19-10-20-37-36(45)46-24-26-12-5-4-6-13-26)35(44)41-22-28-16-11-21-40(28)23-32(41)34(43)38-30-18-9-15-27-14-7-8-17-29(27)30;;/h4-8,12-14,17,25,28,30-32H,3,9-11,15-16,18-24H2,1-2H3,(H,37,45)(H,38,43)(H,39,42);2*1H/t25-,28-,30-,31+,32+;;/m1../s1. The van der Waals surface area contributed by atoms with Crippen molar-refractivity contribution in [3.8, 4) is 0 Å². The molecule has 5 rings (SSSR count). The molecule has 0 unspecified atom stereocenters. The average molecular weight is 705 g/mol. The van der Waals surface area contributed by atoms with Gasteiger partial charge in [-0.1, -0.05) is 68.4 Å². The van der Waals surface area contributed by atoms with Gasteiger partial charge in [0, 0.05) is 31.6 Å². The van der Waals surface area contributed by atoms with Gasteiger partial charge in [0.25, 0.3) is 0 Å². The Kier molecular flexibility index (Phi) is 15.5. The SMILES string of the molecule is CC[C@@H](C)C(=O)N[C@@H](CCCNC(=O)OCc1ccccc1)C(=O)N1C[C@H]2CCCN2C[C@H]1C(=O)N[C@@H]1CCCc2ccccc21.Cl.Cl. The lowest BCUT2D eigenvalue weighted by Crippen LogP contribution is -2.65. The second-order valence-electron chi connectivity index (χ2n) is 13.0. The highest BCUT2D eigenvalue weighted by atomic mass is 35.5. The van der Waals surface area contributed by atoms with Crippen LogP contribution in [0.15, 0.2) is 54.6 Å². The van der Waals surface area contributed by atoms with E-state index in [1.54, 1.807) is 4.90 Å². The molecule has 48 heavy (non-hydrogen) atoms. The third kappa shape index (κ3) is 10.1. The van der Waals surface area contributed by atoms with Crippen molar-refractivity contribution in [1.82, 2.24) is 25.8 Å². The number of hydrogen-bond acceptors (Lipinski definition) is 6.